The molecular weight excluding hydrogens is 280 g/mol. The molecule has 0 saturated heterocycles. The molecule has 1 aromatic carbocycles. The molecule has 1 unspecified atom stereocenters. The van der Waals surface area contributed by atoms with Crippen molar-refractivity contribution in [3.63, 3.8) is 0 Å². The Labute approximate surface area is 120 Å². The van der Waals surface area contributed by atoms with Crippen molar-refractivity contribution in [3.8, 4) is 0 Å². The van der Waals surface area contributed by atoms with Crippen molar-refractivity contribution in [2.24, 2.45) is 0 Å². The third-order valence-corrected chi connectivity index (χ3v) is 4.46. The number of rotatable bonds is 5. The molecule has 6 heteroatoms. The second-order valence-electron chi connectivity index (χ2n) is 3.85. The molecule has 0 aliphatic heterocycles. The van der Waals surface area contributed by atoms with Crippen LogP contribution >= 0.6 is 23.5 Å². The Kier molecular flexibility index (Phi) is 4.66. The first kappa shape index (κ1) is 14.1. The molecule has 2 rings (SSSR count). The van der Waals surface area contributed by atoms with E-state index in [0.717, 1.165) is 21.8 Å². The Bertz CT molecular complexity index is 604. The maximum atomic E-state index is 11.0. The number of thioether (sulfide) groups is 2. The Morgan fingerprint density at radius 2 is 1.84 bits per heavy atom. The molecule has 0 radical (unpaired) electrons. The molecule has 0 aliphatic carbocycles. The van der Waals surface area contributed by atoms with Gasteiger partial charge in [0.1, 0.15) is 15.3 Å². The molecule has 1 aromatic heterocycles. The van der Waals surface area contributed by atoms with Gasteiger partial charge in [-0.05, 0) is 24.8 Å². The fraction of sp³-hybridized carbons (Fsp3) is 0.308. The lowest BCUT2D eigenvalue weighted by Gasteiger charge is -2.10. The van der Waals surface area contributed by atoms with E-state index in [1.807, 2.05) is 31.2 Å². The van der Waals surface area contributed by atoms with Crippen molar-refractivity contribution in [1.29, 1.82) is 0 Å². The van der Waals surface area contributed by atoms with Gasteiger partial charge in [0.15, 0.2) is 0 Å². The first-order chi connectivity index (χ1) is 9.11. The minimum absolute atomic E-state index is 0.535. The lowest BCUT2D eigenvalue weighted by molar-refractivity contribution is -0.136. The minimum atomic E-state index is -0.840. The van der Waals surface area contributed by atoms with Crippen LogP contribution in [-0.4, -0.2) is 32.0 Å². The molecule has 2 aromatic rings. The minimum Gasteiger partial charge on any atom is -0.480 e. The highest BCUT2D eigenvalue weighted by molar-refractivity contribution is 8.02. The first-order valence-electron chi connectivity index (χ1n) is 5.91. The number of benzene rings is 1. The van der Waals surface area contributed by atoms with Crippen molar-refractivity contribution in [2.45, 2.75) is 29.1 Å². The van der Waals surface area contributed by atoms with Gasteiger partial charge in [-0.2, -0.15) is 0 Å². The van der Waals surface area contributed by atoms with Crippen LogP contribution in [0.15, 0.2) is 34.3 Å². The SMILES string of the molecule is CCSc1nc2ccccc2nc1SC(C)C(=O)O. The number of para-hydroxylation sites is 2. The van der Waals surface area contributed by atoms with E-state index in [1.165, 1.54) is 11.8 Å². The summed E-state index contributed by atoms with van der Waals surface area (Å²) in [5.74, 6) is 0.0367. The summed E-state index contributed by atoms with van der Waals surface area (Å²) in [5, 5.41) is 9.97. The summed E-state index contributed by atoms with van der Waals surface area (Å²) in [6.45, 7) is 3.70. The number of carboxylic acid groups (broad SMARTS) is 1. The van der Waals surface area contributed by atoms with E-state index in [9.17, 15) is 4.79 Å². The summed E-state index contributed by atoms with van der Waals surface area (Å²) >= 11 is 2.82. The summed E-state index contributed by atoms with van der Waals surface area (Å²) in [6.07, 6.45) is 0. The zero-order chi connectivity index (χ0) is 13.8. The molecule has 0 bridgehead atoms. The van der Waals surface area contributed by atoms with E-state index >= 15 is 0 Å². The van der Waals surface area contributed by atoms with E-state index in [1.54, 1.807) is 18.7 Å². The standard InChI is InChI=1S/C13H14N2O2S2/c1-3-18-11-12(19-8(2)13(16)17)15-10-7-5-4-6-9(10)14-11/h4-8H,3H2,1-2H3,(H,16,17). The number of carboxylic acids is 1. The summed E-state index contributed by atoms with van der Waals surface area (Å²) in [4.78, 5) is 20.1. The second-order valence-corrected chi connectivity index (χ2v) is 6.44. The predicted molar refractivity (Wildman–Crippen MR) is 78.9 cm³/mol. The molecule has 4 nitrogen and oxygen atoms in total. The van der Waals surface area contributed by atoms with E-state index < -0.39 is 11.2 Å². The van der Waals surface area contributed by atoms with Gasteiger partial charge in [-0.25, -0.2) is 9.97 Å². The van der Waals surface area contributed by atoms with Crippen LogP contribution in [0, 0.1) is 0 Å². The Morgan fingerprint density at radius 1 is 1.26 bits per heavy atom. The van der Waals surface area contributed by atoms with Crippen LogP contribution in [0.4, 0.5) is 0 Å². The fourth-order valence-corrected chi connectivity index (χ4v) is 3.15. The van der Waals surface area contributed by atoms with Gasteiger partial charge in [0.25, 0.3) is 0 Å². The van der Waals surface area contributed by atoms with Gasteiger partial charge in [-0.15, -0.1) is 11.8 Å². The average molecular weight is 294 g/mol. The highest BCUT2D eigenvalue weighted by Gasteiger charge is 2.17. The summed E-state index contributed by atoms with van der Waals surface area (Å²) < 4.78 is 0. The highest BCUT2D eigenvalue weighted by Crippen LogP contribution is 2.32. The third-order valence-electron chi connectivity index (χ3n) is 2.43. The number of carbonyl (C=O) groups is 1. The normalized spacial score (nSPS) is 12.5. The van der Waals surface area contributed by atoms with Crippen molar-refractivity contribution < 1.29 is 9.90 Å². The van der Waals surface area contributed by atoms with Gasteiger partial charge in [-0.1, -0.05) is 30.8 Å². The number of aromatic nitrogens is 2. The van der Waals surface area contributed by atoms with Crippen molar-refractivity contribution >= 4 is 40.5 Å². The van der Waals surface area contributed by atoms with Crippen LogP contribution in [0.25, 0.3) is 11.0 Å². The summed E-state index contributed by atoms with van der Waals surface area (Å²) in [5.41, 5.74) is 1.63. The Hall–Kier alpha value is -1.27. The van der Waals surface area contributed by atoms with Gasteiger partial charge >= 0.3 is 5.97 Å². The van der Waals surface area contributed by atoms with Gasteiger partial charge in [0.2, 0.25) is 0 Å². The Morgan fingerprint density at radius 3 is 2.37 bits per heavy atom. The van der Waals surface area contributed by atoms with Crippen LogP contribution in [0.1, 0.15) is 13.8 Å². The number of fused-ring (bicyclic) bond motifs is 1. The molecule has 100 valence electrons. The molecule has 1 atom stereocenters. The molecule has 0 spiro atoms. The largest absolute Gasteiger partial charge is 0.480 e. The zero-order valence-corrected chi connectivity index (χ0v) is 12.3. The van der Waals surface area contributed by atoms with E-state index in [0.29, 0.717) is 5.03 Å². The molecule has 0 saturated carbocycles. The van der Waals surface area contributed by atoms with Gasteiger partial charge < -0.3 is 5.11 Å². The predicted octanol–water partition coefficient (Wildman–Crippen LogP) is 3.31. The number of hydrogen-bond acceptors (Lipinski definition) is 5. The van der Waals surface area contributed by atoms with Crippen LogP contribution in [0.5, 0.6) is 0 Å². The average Bonchev–Trinajstić information content (AvgIpc) is 2.39. The Balaban J connectivity index is 2.44. The van der Waals surface area contributed by atoms with Crippen molar-refractivity contribution in [3.05, 3.63) is 24.3 Å². The topological polar surface area (TPSA) is 63.1 Å². The van der Waals surface area contributed by atoms with Crippen LogP contribution in [0.3, 0.4) is 0 Å². The molecule has 1 N–H and O–H groups in total. The van der Waals surface area contributed by atoms with Crippen molar-refractivity contribution in [1.82, 2.24) is 9.97 Å². The second kappa shape index (κ2) is 6.25. The maximum Gasteiger partial charge on any atom is 0.316 e. The smallest absolute Gasteiger partial charge is 0.316 e. The van der Waals surface area contributed by atoms with Crippen LogP contribution < -0.4 is 0 Å². The van der Waals surface area contributed by atoms with Gasteiger partial charge in [0, 0.05) is 0 Å². The number of hydrogen-bond donors (Lipinski definition) is 1. The van der Waals surface area contributed by atoms with E-state index in [4.69, 9.17) is 5.11 Å². The highest BCUT2D eigenvalue weighted by atomic mass is 32.2. The molecule has 0 aliphatic rings. The lowest BCUT2D eigenvalue weighted by Crippen LogP contribution is -2.12. The first-order valence-corrected chi connectivity index (χ1v) is 7.77. The van der Waals surface area contributed by atoms with E-state index in [2.05, 4.69) is 9.97 Å². The molecular formula is C13H14N2O2S2. The lowest BCUT2D eigenvalue weighted by atomic mass is 10.3. The monoisotopic (exact) mass is 294 g/mol. The zero-order valence-electron chi connectivity index (χ0n) is 10.7. The third kappa shape index (κ3) is 3.39. The maximum absolute atomic E-state index is 11.0. The molecule has 19 heavy (non-hydrogen) atoms. The van der Waals surface area contributed by atoms with Gasteiger partial charge in [-0.3, -0.25) is 4.79 Å². The molecule has 0 fully saturated rings. The van der Waals surface area contributed by atoms with Crippen LogP contribution in [0.2, 0.25) is 0 Å². The van der Waals surface area contributed by atoms with E-state index in [-0.39, 0.29) is 0 Å². The van der Waals surface area contributed by atoms with Gasteiger partial charge in [0.05, 0.1) is 11.0 Å². The summed E-state index contributed by atoms with van der Waals surface area (Å²) in [7, 11) is 0. The van der Waals surface area contributed by atoms with Crippen LogP contribution in [-0.2, 0) is 4.79 Å². The molecule has 0 amide bonds. The molecule has 1 heterocycles. The fourth-order valence-electron chi connectivity index (χ4n) is 1.49. The van der Waals surface area contributed by atoms with Crippen molar-refractivity contribution in [2.75, 3.05) is 5.75 Å². The summed E-state index contributed by atoms with van der Waals surface area (Å²) in [6, 6.07) is 7.62. The quantitative estimate of drug-likeness (QED) is 0.854. The number of aliphatic carboxylic acids is 1. The number of nitrogens with zero attached hydrogens (tertiary/aromatic N) is 2.